The van der Waals surface area contributed by atoms with E-state index in [4.69, 9.17) is 4.74 Å². The Morgan fingerprint density at radius 1 is 0.829 bits per heavy atom. The fourth-order valence-electron chi connectivity index (χ4n) is 11.9. The minimum Gasteiger partial charge on any atom is -0.459 e. The Balaban J connectivity index is 1.48. The number of esters is 1. The van der Waals surface area contributed by atoms with Crippen molar-refractivity contribution in [1.82, 2.24) is 0 Å². The quantitative estimate of drug-likeness (QED) is 0.229. The standard InChI is InChI=1S/C33H52O2/c1-10-27(34)35-26-15-17-31(7)24(29(26,4)5)14-18-33(9)25(31)12-11-23-28-22(21(2)3)13-16-30(28,6)19-20-32(23,33)8/h10,22-26,28H,1-2,11-20H2,3-9H3/t22-,23+,24-,25+,26-,28-,30+,31-,32+,33+/m0/s1. The van der Waals surface area contributed by atoms with Crippen LogP contribution in [-0.2, 0) is 9.53 Å². The molecule has 0 spiro atoms. The number of fused-ring (bicyclic) bond motifs is 7. The molecule has 0 bridgehead atoms. The number of allylic oxidation sites excluding steroid dienone is 1. The molecule has 35 heavy (non-hydrogen) atoms. The minimum atomic E-state index is -0.255. The van der Waals surface area contributed by atoms with Crippen LogP contribution in [0.5, 0.6) is 0 Å². The molecule has 0 aromatic carbocycles. The number of hydrogen-bond acceptors (Lipinski definition) is 2. The smallest absolute Gasteiger partial charge is 0.330 e. The van der Waals surface area contributed by atoms with Gasteiger partial charge in [0, 0.05) is 11.5 Å². The van der Waals surface area contributed by atoms with Crippen molar-refractivity contribution < 1.29 is 9.53 Å². The third kappa shape index (κ3) is 3.29. The van der Waals surface area contributed by atoms with Crippen molar-refractivity contribution in [3.8, 4) is 0 Å². The van der Waals surface area contributed by atoms with E-state index in [1.807, 2.05) is 0 Å². The van der Waals surface area contributed by atoms with Gasteiger partial charge in [-0.1, -0.05) is 60.3 Å². The molecule has 5 fully saturated rings. The van der Waals surface area contributed by atoms with Crippen molar-refractivity contribution in [3.63, 3.8) is 0 Å². The van der Waals surface area contributed by atoms with Gasteiger partial charge in [-0.3, -0.25) is 0 Å². The molecule has 0 aromatic rings. The van der Waals surface area contributed by atoms with Crippen LogP contribution in [0.15, 0.2) is 24.8 Å². The van der Waals surface area contributed by atoms with E-state index in [0.29, 0.717) is 27.6 Å². The van der Waals surface area contributed by atoms with Gasteiger partial charge in [0.25, 0.3) is 0 Å². The fraction of sp³-hybridized carbons (Fsp3) is 0.848. The fourth-order valence-corrected chi connectivity index (χ4v) is 11.9. The van der Waals surface area contributed by atoms with E-state index in [1.54, 1.807) is 0 Å². The molecule has 0 aliphatic heterocycles. The summed E-state index contributed by atoms with van der Waals surface area (Å²) in [5.74, 6) is 3.50. The van der Waals surface area contributed by atoms with Crippen LogP contribution in [0.2, 0.25) is 0 Å². The highest BCUT2D eigenvalue weighted by Crippen LogP contribution is 2.77. The van der Waals surface area contributed by atoms with E-state index in [0.717, 1.165) is 30.1 Å². The summed E-state index contributed by atoms with van der Waals surface area (Å²) in [6, 6.07) is 0. The summed E-state index contributed by atoms with van der Waals surface area (Å²) in [6.45, 7) is 25.9. The molecule has 196 valence electrons. The van der Waals surface area contributed by atoms with Gasteiger partial charge < -0.3 is 4.74 Å². The third-order valence-corrected chi connectivity index (χ3v) is 13.8. The van der Waals surface area contributed by atoms with Gasteiger partial charge in [-0.05, 0) is 122 Å². The van der Waals surface area contributed by atoms with Crippen molar-refractivity contribution in [1.29, 1.82) is 0 Å². The monoisotopic (exact) mass is 480 g/mol. The molecule has 0 radical (unpaired) electrons. The Morgan fingerprint density at radius 3 is 2.20 bits per heavy atom. The number of carbonyl (C=O) groups excluding carboxylic acids is 1. The molecule has 10 atom stereocenters. The van der Waals surface area contributed by atoms with Crippen molar-refractivity contribution in [2.24, 2.45) is 56.7 Å². The van der Waals surface area contributed by atoms with Gasteiger partial charge in [0.2, 0.25) is 0 Å². The summed E-state index contributed by atoms with van der Waals surface area (Å²) in [4.78, 5) is 12.1. The molecule has 5 rings (SSSR count). The Kier molecular flexibility index (Phi) is 5.83. The molecule has 0 amide bonds. The minimum absolute atomic E-state index is 0.00634. The van der Waals surface area contributed by atoms with Crippen LogP contribution in [-0.4, -0.2) is 12.1 Å². The zero-order chi connectivity index (χ0) is 25.6. The zero-order valence-corrected chi connectivity index (χ0v) is 23.8. The lowest BCUT2D eigenvalue weighted by atomic mass is 9.32. The number of hydrogen-bond donors (Lipinski definition) is 0. The van der Waals surface area contributed by atoms with Crippen LogP contribution in [0.4, 0.5) is 0 Å². The maximum absolute atomic E-state index is 12.1. The average Bonchev–Trinajstić information content (AvgIpc) is 3.14. The van der Waals surface area contributed by atoms with Crippen LogP contribution in [0.25, 0.3) is 0 Å². The largest absolute Gasteiger partial charge is 0.459 e. The maximum atomic E-state index is 12.1. The van der Waals surface area contributed by atoms with E-state index in [1.165, 1.54) is 69.4 Å². The van der Waals surface area contributed by atoms with E-state index < -0.39 is 0 Å². The second-order valence-corrected chi connectivity index (χ2v) is 15.3. The van der Waals surface area contributed by atoms with Gasteiger partial charge in [0.1, 0.15) is 6.10 Å². The lowest BCUT2D eigenvalue weighted by molar-refractivity contribution is -0.248. The zero-order valence-electron chi connectivity index (χ0n) is 23.8. The van der Waals surface area contributed by atoms with Crippen LogP contribution in [0, 0.1) is 56.7 Å². The summed E-state index contributed by atoms with van der Waals surface area (Å²) < 4.78 is 5.94. The van der Waals surface area contributed by atoms with E-state index in [-0.39, 0.29) is 17.5 Å². The molecule has 0 saturated heterocycles. The molecule has 2 nitrogen and oxygen atoms in total. The first kappa shape index (κ1) is 25.6. The molecule has 0 N–H and O–H groups in total. The summed E-state index contributed by atoms with van der Waals surface area (Å²) in [6.07, 6.45) is 14.5. The maximum Gasteiger partial charge on any atom is 0.330 e. The van der Waals surface area contributed by atoms with Crippen molar-refractivity contribution >= 4 is 5.97 Å². The Hall–Kier alpha value is -1.05. The first-order valence-corrected chi connectivity index (χ1v) is 14.7. The molecule has 5 saturated carbocycles. The number of rotatable bonds is 3. The molecule has 0 unspecified atom stereocenters. The average molecular weight is 481 g/mol. The molecular formula is C33H52O2. The number of ether oxygens (including phenoxy) is 1. The van der Waals surface area contributed by atoms with Gasteiger partial charge in [0.05, 0.1) is 0 Å². The highest BCUT2D eigenvalue weighted by Gasteiger charge is 2.70. The molecule has 2 heteroatoms. The predicted octanol–water partition coefficient (Wildman–Crippen LogP) is 8.76. The van der Waals surface area contributed by atoms with Crippen LogP contribution >= 0.6 is 0 Å². The Morgan fingerprint density at radius 2 is 1.54 bits per heavy atom. The van der Waals surface area contributed by atoms with Crippen LogP contribution in [0.1, 0.15) is 113 Å². The van der Waals surface area contributed by atoms with Gasteiger partial charge in [0.15, 0.2) is 0 Å². The first-order chi connectivity index (χ1) is 16.2. The summed E-state index contributed by atoms with van der Waals surface area (Å²) in [5, 5.41) is 0. The van der Waals surface area contributed by atoms with E-state index in [2.05, 4.69) is 61.6 Å². The van der Waals surface area contributed by atoms with Crippen LogP contribution < -0.4 is 0 Å². The highest BCUT2D eigenvalue weighted by atomic mass is 16.5. The molecule has 5 aliphatic carbocycles. The summed E-state index contributed by atoms with van der Waals surface area (Å²) >= 11 is 0. The van der Waals surface area contributed by atoms with Gasteiger partial charge >= 0.3 is 5.97 Å². The number of carbonyl (C=O) groups is 1. The van der Waals surface area contributed by atoms with E-state index >= 15 is 0 Å². The highest BCUT2D eigenvalue weighted by molar-refractivity contribution is 5.81. The summed E-state index contributed by atoms with van der Waals surface area (Å²) in [7, 11) is 0. The Bertz CT molecular complexity index is 916. The molecule has 0 heterocycles. The van der Waals surface area contributed by atoms with Gasteiger partial charge in [-0.15, -0.1) is 0 Å². The topological polar surface area (TPSA) is 26.3 Å². The van der Waals surface area contributed by atoms with Crippen molar-refractivity contribution in [3.05, 3.63) is 24.8 Å². The van der Waals surface area contributed by atoms with Crippen molar-refractivity contribution in [2.75, 3.05) is 0 Å². The SMILES string of the molecule is C=CC(=O)O[C@H]1CC[C@]2(C)[C@H]3CC[C@@H]4[C@@H]5[C@H](C(=C)C)CC[C@]5(C)CC[C@@]4(C)[C@]3(C)CC[C@H]2C1(C)C. The summed E-state index contributed by atoms with van der Waals surface area (Å²) in [5.41, 5.74) is 3.11. The third-order valence-electron chi connectivity index (χ3n) is 13.8. The van der Waals surface area contributed by atoms with Crippen LogP contribution in [0.3, 0.4) is 0 Å². The lowest BCUT2D eigenvalue weighted by Crippen LogP contribution is -2.66. The normalized spacial score (nSPS) is 52.3. The first-order valence-electron chi connectivity index (χ1n) is 14.7. The lowest BCUT2D eigenvalue weighted by Gasteiger charge is -2.73. The second kappa shape index (κ2) is 7.97. The van der Waals surface area contributed by atoms with Gasteiger partial charge in [-0.2, -0.15) is 0 Å². The molecule has 5 aliphatic rings. The second-order valence-electron chi connectivity index (χ2n) is 15.3. The predicted molar refractivity (Wildman–Crippen MR) is 145 cm³/mol. The van der Waals surface area contributed by atoms with E-state index in [9.17, 15) is 4.79 Å². The molecule has 0 aromatic heterocycles. The van der Waals surface area contributed by atoms with Crippen molar-refractivity contribution in [2.45, 2.75) is 119 Å². The Labute approximate surface area is 215 Å². The van der Waals surface area contributed by atoms with Gasteiger partial charge in [-0.25, -0.2) is 4.79 Å². The molecular weight excluding hydrogens is 428 g/mol.